The lowest BCUT2D eigenvalue weighted by Gasteiger charge is -2.21. The van der Waals surface area contributed by atoms with Crippen LogP contribution in [0.3, 0.4) is 0 Å². The van der Waals surface area contributed by atoms with Gasteiger partial charge in [0.05, 0.1) is 24.6 Å². The number of ether oxygens (including phenoxy) is 2. The Morgan fingerprint density at radius 2 is 2.78 bits per heavy atom. The molecule has 0 spiro atoms. The number of fused-ring (bicyclic) bond motifs is 2. The molecule has 0 unspecified atom stereocenters. The Morgan fingerprint density at radius 1 is 1.89 bits per heavy atom. The molecule has 2 nitrogen and oxygen atoms in total. The van der Waals surface area contributed by atoms with E-state index in [9.17, 15) is 0 Å². The summed E-state index contributed by atoms with van der Waals surface area (Å²) in [6, 6.07) is 0. The van der Waals surface area contributed by atoms with E-state index in [1.807, 2.05) is 0 Å². The van der Waals surface area contributed by atoms with Gasteiger partial charge in [-0.25, -0.2) is 0 Å². The summed E-state index contributed by atoms with van der Waals surface area (Å²) in [4.78, 5) is 0. The molecule has 0 aromatic carbocycles. The summed E-state index contributed by atoms with van der Waals surface area (Å²) in [6.45, 7) is 1.43. The molecule has 0 amide bonds. The van der Waals surface area contributed by atoms with Crippen molar-refractivity contribution in [2.75, 3.05) is 13.2 Å². The molecule has 0 N–H and O–H groups in total. The lowest BCUT2D eigenvalue weighted by molar-refractivity contribution is -0.0848. The molecule has 2 aliphatic heterocycles. The van der Waals surface area contributed by atoms with Crippen molar-refractivity contribution in [3.05, 3.63) is 0 Å². The second kappa shape index (κ2) is 1.65. The van der Waals surface area contributed by atoms with E-state index in [2.05, 4.69) is 12.6 Å². The van der Waals surface area contributed by atoms with Crippen LogP contribution in [0.25, 0.3) is 0 Å². The molecule has 0 aliphatic carbocycles. The van der Waals surface area contributed by atoms with Gasteiger partial charge >= 0.3 is 0 Å². The first kappa shape index (κ1) is 4.99. The minimum absolute atomic E-state index is 0.116. The van der Waals surface area contributed by atoms with Gasteiger partial charge in [-0.3, -0.25) is 0 Å². The van der Waals surface area contributed by atoms with Crippen molar-refractivity contribution in [3.63, 3.8) is 0 Å². The predicted molar refractivity (Wildman–Crippen MR) is 36.9 cm³/mol. The highest BCUT2D eigenvalue weighted by Gasteiger charge is 2.51. The van der Waals surface area contributed by atoms with E-state index in [1.165, 1.54) is 0 Å². The van der Waals surface area contributed by atoms with Crippen LogP contribution < -0.4 is 0 Å². The lowest BCUT2D eigenvalue weighted by Crippen LogP contribution is -2.33. The van der Waals surface area contributed by atoms with Gasteiger partial charge in [-0.15, -0.1) is 0 Å². The Labute approximate surface area is 61.3 Å². The van der Waals surface area contributed by atoms with E-state index in [1.54, 1.807) is 0 Å². The lowest BCUT2D eigenvalue weighted by atomic mass is 10.1. The van der Waals surface area contributed by atoms with Crippen LogP contribution in [0.4, 0.5) is 0 Å². The molecule has 0 aromatic heterocycles. The third kappa shape index (κ3) is 0.656. The minimum Gasteiger partial charge on any atom is -0.372 e. The molecule has 9 heavy (non-hydrogen) atoms. The average Bonchev–Trinajstić information content (AvgIpc) is 2.46. The van der Waals surface area contributed by atoms with Gasteiger partial charge in [-0.05, 0) is 6.90 Å². The van der Waals surface area contributed by atoms with Gasteiger partial charge in [-0.2, -0.15) is 12.6 Å². The molecule has 2 fully saturated rings. The maximum Gasteiger partial charge on any atom is 0.103 e. The summed E-state index contributed by atoms with van der Waals surface area (Å²) >= 11 is 4.34. The predicted octanol–water partition coefficient (Wildman–Crippen LogP) is 0.473. The Morgan fingerprint density at radius 3 is 3.00 bits per heavy atom. The van der Waals surface area contributed by atoms with Crippen LogP contribution in [0, 0.1) is 0 Å². The molecule has 0 aromatic rings. The third-order valence-electron chi connectivity index (χ3n) is 1.97. The van der Waals surface area contributed by atoms with Gasteiger partial charge in [0.1, 0.15) is 5.60 Å². The van der Waals surface area contributed by atoms with Gasteiger partial charge in [0.15, 0.2) is 0 Å². The SMILES string of the molecule is [2H]C[C@@]12CO[C@@H](CO1)[C@@H]2S. The van der Waals surface area contributed by atoms with Crippen molar-refractivity contribution in [3.8, 4) is 0 Å². The molecule has 52 valence electrons. The Hall–Kier alpha value is 0.270. The van der Waals surface area contributed by atoms with E-state index >= 15 is 0 Å². The second-order valence-corrected chi connectivity index (χ2v) is 3.23. The minimum atomic E-state index is -0.381. The Bertz CT molecular complexity index is 145. The van der Waals surface area contributed by atoms with Crippen molar-refractivity contribution in [1.82, 2.24) is 0 Å². The number of hydrogen-bond donors (Lipinski definition) is 1. The molecule has 2 aliphatic rings. The van der Waals surface area contributed by atoms with Gasteiger partial charge < -0.3 is 9.47 Å². The van der Waals surface area contributed by atoms with E-state index in [-0.39, 0.29) is 23.9 Å². The third-order valence-corrected chi connectivity index (χ3v) is 2.77. The molecule has 2 bridgehead atoms. The topological polar surface area (TPSA) is 18.5 Å². The Kier molecular flexibility index (Phi) is 0.916. The fourth-order valence-corrected chi connectivity index (χ4v) is 1.60. The molecule has 3 atom stereocenters. The molecule has 2 heterocycles. The standard InChI is InChI=1S/C6H10O2S/c1-6-3-7-4(2-8-6)5(6)9/h4-5,9H,2-3H2,1H3/t4-,5-,6-/m0/s1/i1D. The van der Waals surface area contributed by atoms with Gasteiger partial charge in [0.2, 0.25) is 0 Å². The zero-order chi connectivity index (χ0) is 7.19. The molecular formula is C6H10O2S. The van der Waals surface area contributed by atoms with Crippen LogP contribution in [-0.4, -0.2) is 30.2 Å². The fourth-order valence-electron chi connectivity index (χ4n) is 1.28. The summed E-state index contributed by atoms with van der Waals surface area (Å²) in [6.07, 6.45) is 0.133. The fraction of sp³-hybridized carbons (Fsp3) is 1.00. The van der Waals surface area contributed by atoms with Crippen LogP contribution in [0.1, 0.15) is 8.27 Å². The molecular weight excluding hydrogens is 136 g/mol. The summed E-state index contributed by atoms with van der Waals surface area (Å²) in [5, 5.41) is 0.116. The number of hydrogen-bond acceptors (Lipinski definition) is 3. The van der Waals surface area contributed by atoms with Crippen LogP contribution in [-0.2, 0) is 9.47 Å². The molecule has 3 heteroatoms. The first-order valence-electron chi connectivity index (χ1n) is 3.72. The van der Waals surface area contributed by atoms with Crippen molar-refractivity contribution < 1.29 is 10.8 Å². The highest BCUT2D eigenvalue weighted by atomic mass is 32.1. The van der Waals surface area contributed by atoms with Gasteiger partial charge in [-0.1, -0.05) is 0 Å². The molecule has 0 radical (unpaired) electrons. The summed E-state index contributed by atoms with van der Waals surface area (Å²) in [7, 11) is 0. The average molecular weight is 147 g/mol. The normalized spacial score (nSPS) is 58.1. The maximum absolute atomic E-state index is 7.25. The van der Waals surface area contributed by atoms with E-state index < -0.39 is 0 Å². The summed E-state index contributed by atoms with van der Waals surface area (Å²) in [5.41, 5.74) is -0.381. The second-order valence-electron chi connectivity index (χ2n) is 2.67. The highest BCUT2D eigenvalue weighted by Crippen LogP contribution is 2.38. The maximum atomic E-state index is 7.25. The van der Waals surface area contributed by atoms with Crippen molar-refractivity contribution in [2.45, 2.75) is 23.9 Å². The van der Waals surface area contributed by atoms with E-state index in [4.69, 9.17) is 10.8 Å². The van der Waals surface area contributed by atoms with Crippen LogP contribution in [0.15, 0.2) is 0 Å². The smallest absolute Gasteiger partial charge is 0.103 e. The monoisotopic (exact) mass is 147 g/mol. The molecule has 2 saturated heterocycles. The first-order valence-corrected chi connectivity index (χ1v) is 3.53. The summed E-state index contributed by atoms with van der Waals surface area (Å²) < 4.78 is 18.0. The number of thiol groups is 1. The largest absolute Gasteiger partial charge is 0.372 e. The number of rotatable bonds is 0. The zero-order valence-corrected chi connectivity index (χ0v) is 5.93. The quantitative estimate of drug-likeness (QED) is 0.502. The van der Waals surface area contributed by atoms with Crippen LogP contribution in [0.2, 0.25) is 0 Å². The van der Waals surface area contributed by atoms with Gasteiger partial charge in [0, 0.05) is 1.37 Å². The first-order chi connectivity index (χ1) is 4.78. The van der Waals surface area contributed by atoms with Crippen LogP contribution in [0.5, 0.6) is 0 Å². The summed E-state index contributed by atoms with van der Waals surface area (Å²) in [5.74, 6) is 0. The van der Waals surface area contributed by atoms with Crippen molar-refractivity contribution >= 4 is 12.6 Å². The van der Waals surface area contributed by atoms with Crippen molar-refractivity contribution in [1.29, 1.82) is 0 Å². The zero-order valence-electron chi connectivity index (χ0n) is 6.04. The van der Waals surface area contributed by atoms with Crippen molar-refractivity contribution in [2.24, 2.45) is 0 Å². The molecule has 0 saturated carbocycles. The van der Waals surface area contributed by atoms with E-state index in [0.29, 0.717) is 13.2 Å². The Balaban J connectivity index is 2.22. The molecule has 2 rings (SSSR count). The van der Waals surface area contributed by atoms with E-state index in [0.717, 1.165) is 0 Å². The highest BCUT2D eigenvalue weighted by molar-refractivity contribution is 7.81. The van der Waals surface area contributed by atoms with Gasteiger partial charge in [0.25, 0.3) is 0 Å². The van der Waals surface area contributed by atoms with Crippen LogP contribution >= 0.6 is 12.6 Å².